The summed E-state index contributed by atoms with van der Waals surface area (Å²) in [5.41, 5.74) is 1.13. The van der Waals surface area contributed by atoms with Crippen LogP contribution in [0.1, 0.15) is 39.2 Å². The van der Waals surface area contributed by atoms with Crippen molar-refractivity contribution < 1.29 is 22.7 Å². The van der Waals surface area contributed by atoms with Crippen molar-refractivity contribution in [2.45, 2.75) is 52.2 Å². The number of anilines is 1. The third kappa shape index (κ3) is 8.14. The zero-order valence-electron chi connectivity index (χ0n) is 20.8. The smallest absolute Gasteiger partial charge is 0.242 e. The van der Waals surface area contributed by atoms with Gasteiger partial charge < -0.3 is 15.0 Å². The van der Waals surface area contributed by atoms with Crippen molar-refractivity contribution in [1.29, 1.82) is 0 Å². The number of carbonyl (C=O) groups excluding carboxylic acids is 2. The Morgan fingerprint density at radius 1 is 1.06 bits per heavy atom. The van der Waals surface area contributed by atoms with Crippen molar-refractivity contribution in [3.05, 3.63) is 59.1 Å². The number of nitrogens with zero attached hydrogens (tertiary/aromatic N) is 2. The Kier molecular flexibility index (Phi) is 10.4. The first-order valence-electron chi connectivity index (χ1n) is 11.4. The van der Waals surface area contributed by atoms with E-state index in [1.165, 1.54) is 16.3 Å². The third-order valence-corrected chi connectivity index (χ3v) is 6.95. The molecule has 0 aromatic heterocycles. The molecule has 10 heteroatoms. The van der Waals surface area contributed by atoms with Gasteiger partial charge in [0.05, 0.1) is 19.1 Å². The molecule has 0 bridgehead atoms. The molecule has 0 saturated carbocycles. The number of hydrogen-bond acceptors (Lipinski definition) is 5. The normalized spacial score (nSPS) is 12.2. The van der Waals surface area contributed by atoms with E-state index in [1.54, 1.807) is 43.3 Å². The molecule has 0 aliphatic carbocycles. The van der Waals surface area contributed by atoms with Crippen molar-refractivity contribution in [3.63, 3.8) is 0 Å². The van der Waals surface area contributed by atoms with Gasteiger partial charge in [0.25, 0.3) is 0 Å². The molecule has 2 amide bonds. The molecule has 0 saturated heterocycles. The van der Waals surface area contributed by atoms with E-state index in [0.29, 0.717) is 16.5 Å². The van der Waals surface area contributed by atoms with Gasteiger partial charge in [-0.15, -0.1) is 0 Å². The van der Waals surface area contributed by atoms with Crippen molar-refractivity contribution in [2.24, 2.45) is 0 Å². The fraction of sp³-hybridized carbons (Fsp3) is 0.440. The highest BCUT2D eigenvalue weighted by Crippen LogP contribution is 2.30. The Balaban J connectivity index is 2.21. The number of sulfonamides is 1. The van der Waals surface area contributed by atoms with Crippen LogP contribution in [-0.2, 0) is 26.2 Å². The number of hydrogen-bond donors (Lipinski definition) is 1. The molecule has 0 heterocycles. The maximum Gasteiger partial charge on any atom is 0.242 e. The minimum atomic E-state index is -3.62. The van der Waals surface area contributed by atoms with Crippen LogP contribution in [0.4, 0.5) is 5.69 Å². The fourth-order valence-electron chi connectivity index (χ4n) is 3.62. The maximum atomic E-state index is 13.3. The number of halogens is 1. The van der Waals surface area contributed by atoms with E-state index in [9.17, 15) is 18.0 Å². The molecule has 0 fully saturated rings. The molecule has 2 aromatic rings. The highest BCUT2D eigenvalue weighted by molar-refractivity contribution is 7.92. The van der Waals surface area contributed by atoms with Crippen LogP contribution in [0.3, 0.4) is 0 Å². The van der Waals surface area contributed by atoms with Crippen molar-refractivity contribution in [2.75, 3.05) is 24.2 Å². The number of para-hydroxylation sites is 2. The largest absolute Gasteiger partial charge is 0.495 e. The van der Waals surface area contributed by atoms with Gasteiger partial charge in [-0.2, -0.15) is 0 Å². The van der Waals surface area contributed by atoms with E-state index >= 15 is 0 Å². The molecule has 8 nitrogen and oxygen atoms in total. The van der Waals surface area contributed by atoms with Gasteiger partial charge in [0, 0.05) is 30.6 Å². The molecule has 0 spiro atoms. The number of rotatable bonds is 12. The Morgan fingerprint density at radius 3 is 2.29 bits per heavy atom. The topological polar surface area (TPSA) is 96.0 Å². The maximum absolute atomic E-state index is 13.3. The minimum Gasteiger partial charge on any atom is -0.495 e. The first-order valence-corrected chi connectivity index (χ1v) is 13.6. The lowest BCUT2D eigenvalue weighted by atomic mass is 10.1. The molecular weight excluding hydrogens is 490 g/mol. The zero-order chi connectivity index (χ0) is 26.2. The first-order chi connectivity index (χ1) is 16.5. The lowest BCUT2D eigenvalue weighted by Crippen LogP contribution is -2.49. The van der Waals surface area contributed by atoms with Gasteiger partial charge in [0.15, 0.2) is 0 Å². The molecule has 2 aromatic carbocycles. The molecule has 1 atom stereocenters. The molecule has 0 aliphatic heterocycles. The zero-order valence-corrected chi connectivity index (χ0v) is 22.4. The molecule has 1 N–H and O–H groups in total. The fourth-order valence-corrected chi connectivity index (χ4v) is 4.78. The minimum absolute atomic E-state index is 0.0465. The lowest BCUT2D eigenvalue weighted by molar-refractivity contribution is -0.140. The summed E-state index contributed by atoms with van der Waals surface area (Å²) < 4.78 is 31.5. The van der Waals surface area contributed by atoms with Gasteiger partial charge in [0.2, 0.25) is 21.8 Å². The lowest BCUT2D eigenvalue weighted by Gasteiger charge is -2.30. The van der Waals surface area contributed by atoms with Crippen LogP contribution < -0.4 is 14.4 Å². The van der Waals surface area contributed by atoms with E-state index in [-0.39, 0.29) is 43.8 Å². The summed E-state index contributed by atoms with van der Waals surface area (Å²) in [6, 6.07) is 13.2. The average molecular weight is 524 g/mol. The Hall–Kier alpha value is -2.78. The number of ether oxygens (including phenoxy) is 1. The number of methoxy groups -OCH3 is 1. The van der Waals surface area contributed by atoms with E-state index in [2.05, 4.69) is 5.32 Å². The number of amides is 2. The van der Waals surface area contributed by atoms with Gasteiger partial charge in [-0.1, -0.05) is 41.9 Å². The summed E-state index contributed by atoms with van der Waals surface area (Å²) in [6.45, 7) is 5.61. The molecule has 0 aliphatic rings. The van der Waals surface area contributed by atoms with Crippen LogP contribution in [0.25, 0.3) is 0 Å². The van der Waals surface area contributed by atoms with E-state index < -0.39 is 16.1 Å². The summed E-state index contributed by atoms with van der Waals surface area (Å²) in [5.74, 6) is -0.124. The van der Waals surface area contributed by atoms with Crippen LogP contribution in [0.2, 0.25) is 5.02 Å². The summed E-state index contributed by atoms with van der Waals surface area (Å²) in [7, 11) is -2.15. The van der Waals surface area contributed by atoms with Gasteiger partial charge >= 0.3 is 0 Å². The van der Waals surface area contributed by atoms with Gasteiger partial charge in [-0.3, -0.25) is 13.9 Å². The molecule has 0 unspecified atom stereocenters. The van der Waals surface area contributed by atoms with Crippen LogP contribution in [0.15, 0.2) is 48.5 Å². The second kappa shape index (κ2) is 12.8. The van der Waals surface area contributed by atoms with Crippen LogP contribution in [-0.4, -0.2) is 57.1 Å². The quantitative estimate of drug-likeness (QED) is 0.456. The summed E-state index contributed by atoms with van der Waals surface area (Å²) in [6.07, 6.45) is 1.41. The Bertz CT molecular complexity index is 1120. The second-order valence-corrected chi connectivity index (χ2v) is 10.9. The first kappa shape index (κ1) is 28.5. The second-order valence-electron chi connectivity index (χ2n) is 8.56. The van der Waals surface area contributed by atoms with Crippen LogP contribution >= 0.6 is 11.6 Å². The predicted octanol–water partition coefficient (Wildman–Crippen LogP) is 3.84. The standard InChI is InChI=1S/C25H34ClN3O5S/c1-18(2)27-25(31)19(3)28(17-20-11-6-7-12-21(20)26)24(30)15-10-16-29(35(5,32)33)22-13-8-9-14-23(22)34-4/h6-9,11-14,18-19H,10,15-17H2,1-5H3,(H,27,31)/t19-/m0/s1. The molecular formula is C25H34ClN3O5S. The summed E-state index contributed by atoms with van der Waals surface area (Å²) in [4.78, 5) is 27.5. The van der Waals surface area contributed by atoms with Crippen LogP contribution in [0.5, 0.6) is 5.75 Å². The predicted molar refractivity (Wildman–Crippen MR) is 139 cm³/mol. The average Bonchev–Trinajstić information content (AvgIpc) is 2.79. The highest BCUT2D eigenvalue weighted by atomic mass is 35.5. The van der Waals surface area contributed by atoms with Crippen LogP contribution in [0, 0.1) is 0 Å². The molecule has 2 rings (SSSR count). The van der Waals surface area contributed by atoms with Crippen molar-refractivity contribution in [3.8, 4) is 5.75 Å². The summed E-state index contributed by atoms with van der Waals surface area (Å²) >= 11 is 6.31. The molecule has 35 heavy (non-hydrogen) atoms. The van der Waals surface area contributed by atoms with Crippen molar-refractivity contribution >= 4 is 39.1 Å². The van der Waals surface area contributed by atoms with Gasteiger partial charge in [-0.05, 0) is 51.0 Å². The molecule has 192 valence electrons. The molecule has 0 radical (unpaired) electrons. The van der Waals surface area contributed by atoms with E-state index in [0.717, 1.165) is 11.8 Å². The van der Waals surface area contributed by atoms with E-state index in [4.69, 9.17) is 16.3 Å². The number of nitrogens with one attached hydrogen (secondary N) is 1. The van der Waals surface area contributed by atoms with E-state index in [1.807, 2.05) is 26.0 Å². The summed E-state index contributed by atoms with van der Waals surface area (Å²) in [5, 5.41) is 3.34. The third-order valence-electron chi connectivity index (χ3n) is 5.40. The SMILES string of the molecule is COc1ccccc1N(CCCC(=O)N(Cc1ccccc1Cl)[C@@H](C)C(=O)NC(C)C)S(C)(=O)=O. The Morgan fingerprint density at radius 2 is 1.69 bits per heavy atom. The Labute approximate surface area is 213 Å². The number of carbonyl (C=O) groups is 2. The number of benzene rings is 2. The van der Waals surface area contributed by atoms with Gasteiger partial charge in [0.1, 0.15) is 11.8 Å². The van der Waals surface area contributed by atoms with Crippen molar-refractivity contribution in [1.82, 2.24) is 10.2 Å². The van der Waals surface area contributed by atoms with Gasteiger partial charge in [-0.25, -0.2) is 8.42 Å². The monoisotopic (exact) mass is 523 g/mol. The highest BCUT2D eigenvalue weighted by Gasteiger charge is 2.28.